The molecule has 4 nitrogen and oxygen atoms in total. The number of fused-ring (bicyclic) bond motifs is 1. The van der Waals surface area contributed by atoms with Crippen LogP contribution in [0.1, 0.15) is 47.8 Å². The summed E-state index contributed by atoms with van der Waals surface area (Å²) in [4.78, 5) is 26.4. The molecule has 0 atom stereocenters. The lowest BCUT2D eigenvalue weighted by molar-refractivity contribution is -0.155. The molecular weight excluding hydrogens is 338 g/mol. The summed E-state index contributed by atoms with van der Waals surface area (Å²) < 4.78 is 5.34. The third kappa shape index (κ3) is 5.19. The van der Waals surface area contributed by atoms with Crippen LogP contribution in [0.15, 0.2) is 48.5 Å². The largest absolute Gasteiger partial charge is 0.459 e. The lowest BCUT2D eigenvalue weighted by atomic mass is 9.94. The van der Waals surface area contributed by atoms with Gasteiger partial charge >= 0.3 is 5.97 Å². The molecule has 0 saturated carbocycles. The van der Waals surface area contributed by atoms with E-state index in [9.17, 15) is 9.59 Å². The van der Waals surface area contributed by atoms with Gasteiger partial charge in [-0.05, 0) is 62.8 Å². The molecule has 0 aliphatic carbocycles. The van der Waals surface area contributed by atoms with E-state index in [4.69, 9.17) is 4.74 Å². The van der Waals surface area contributed by atoms with Crippen LogP contribution in [0.2, 0.25) is 0 Å². The van der Waals surface area contributed by atoms with Crippen LogP contribution in [0.5, 0.6) is 0 Å². The van der Waals surface area contributed by atoms with Crippen molar-refractivity contribution in [2.45, 2.75) is 45.6 Å². The molecular formula is C23H27NO3. The molecule has 4 heteroatoms. The fourth-order valence-electron chi connectivity index (χ4n) is 3.36. The topological polar surface area (TPSA) is 46.6 Å². The van der Waals surface area contributed by atoms with Crippen molar-refractivity contribution < 1.29 is 14.3 Å². The van der Waals surface area contributed by atoms with Crippen molar-refractivity contribution in [1.82, 2.24) is 4.90 Å². The van der Waals surface area contributed by atoms with Crippen LogP contribution in [-0.2, 0) is 28.8 Å². The average molecular weight is 365 g/mol. The maximum atomic E-state index is 12.7. The van der Waals surface area contributed by atoms with Crippen LogP contribution in [0.25, 0.3) is 0 Å². The Kier molecular flexibility index (Phi) is 5.64. The van der Waals surface area contributed by atoms with E-state index in [1.54, 1.807) is 4.90 Å². The van der Waals surface area contributed by atoms with Crippen LogP contribution in [0, 0.1) is 0 Å². The molecule has 0 aromatic heterocycles. The van der Waals surface area contributed by atoms with Gasteiger partial charge in [-0.2, -0.15) is 0 Å². The molecule has 0 unspecified atom stereocenters. The summed E-state index contributed by atoms with van der Waals surface area (Å²) in [5, 5.41) is 0. The zero-order chi connectivity index (χ0) is 19.4. The van der Waals surface area contributed by atoms with Crippen molar-refractivity contribution in [1.29, 1.82) is 0 Å². The van der Waals surface area contributed by atoms with Crippen LogP contribution < -0.4 is 0 Å². The molecule has 1 amide bonds. The molecule has 142 valence electrons. The fourth-order valence-corrected chi connectivity index (χ4v) is 3.36. The Morgan fingerprint density at radius 2 is 1.74 bits per heavy atom. The van der Waals surface area contributed by atoms with Gasteiger partial charge in [0.05, 0.1) is 0 Å². The van der Waals surface area contributed by atoms with E-state index in [-0.39, 0.29) is 18.4 Å². The maximum absolute atomic E-state index is 12.7. The number of hydrogen-bond donors (Lipinski definition) is 0. The van der Waals surface area contributed by atoms with E-state index < -0.39 is 5.60 Å². The van der Waals surface area contributed by atoms with Gasteiger partial charge in [0.1, 0.15) is 12.1 Å². The number of rotatable bonds is 5. The smallest absolute Gasteiger partial charge is 0.326 e. The molecule has 0 bridgehead atoms. The third-order valence-electron chi connectivity index (χ3n) is 4.62. The highest BCUT2D eigenvalue weighted by Gasteiger charge is 2.27. The summed E-state index contributed by atoms with van der Waals surface area (Å²) in [6.07, 6.45) is 2.70. The monoisotopic (exact) mass is 365 g/mol. The molecule has 0 radical (unpaired) electrons. The van der Waals surface area contributed by atoms with Gasteiger partial charge in [0, 0.05) is 12.1 Å². The van der Waals surface area contributed by atoms with Gasteiger partial charge in [0.25, 0.3) is 5.91 Å². The number of benzene rings is 2. The van der Waals surface area contributed by atoms with Gasteiger partial charge < -0.3 is 9.64 Å². The number of aryl methyl sites for hydroxylation is 2. The first-order valence-corrected chi connectivity index (χ1v) is 9.49. The second kappa shape index (κ2) is 7.95. The van der Waals surface area contributed by atoms with Crippen molar-refractivity contribution in [3.05, 3.63) is 70.8 Å². The zero-order valence-electron chi connectivity index (χ0n) is 16.3. The zero-order valence-corrected chi connectivity index (χ0v) is 16.3. The summed E-state index contributed by atoms with van der Waals surface area (Å²) in [6.45, 7) is 6.04. The number of carbonyl (C=O) groups is 2. The summed E-state index contributed by atoms with van der Waals surface area (Å²) in [7, 11) is 0. The van der Waals surface area contributed by atoms with Gasteiger partial charge in [-0.25, -0.2) is 0 Å². The first kappa shape index (κ1) is 19.2. The highest BCUT2D eigenvalue weighted by Crippen LogP contribution is 2.22. The number of amides is 1. The number of hydrogen-bond acceptors (Lipinski definition) is 3. The van der Waals surface area contributed by atoms with Crippen LogP contribution in [-0.4, -0.2) is 35.5 Å². The van der Waals surface area contributed by atoms with E-state index >= 15 is 0 Å². The van der Waals surface area contributed by atoms with Crippen molar-refractivity contribution in [2.24, 2.45) is 0 Å². The van der Waals surface area contributed by atoms with E-state index in [1.165, 1.54) is 11.1 Å². The predicted octanol–water partition coefficient (Wildman–Crippen LogP) is 3.81. The van der Waals surface area contributed by atoms with E-state index in [2.05, 4.69) is 30.3 Å². The standard InChI is InChI=1S/C23H27NO3/c1-23(2,3)27-21(25)16-24-14-13-19-15-18(11-12-20(19)22(24)26)10-9-17-7-5-4-6-8-17/h4-8,11-12,15H,9-10,13-14,16H2,1-3H3. The maximum Gasteiger partial charge on any atom is 0.326 e. The van der Waals surface area contributed by atoms with Crippen molar-refractivity contribution >= 4 is 11.9 Å². The predicted molar refractivity (Wildman–Crippen MR) is 106 cm³/mol. The molecule has 1 heterocycles. The minimum absolute atomic E-state index is 0.00526. The number of nitrogens with zero attached hydrogens (tertiary/aromatic N) is 1. The van der Waals surface area contributed by atoms with Gasteiger partial charge in [-0.15, -0.1) is 0 Å². The molecule has 3 rings (SSSR count). The Morgan fingerprint density at radius 1 is 1.04 bits per heavy atom. The summed E-state index contributed by atoms with van der Waals surface area (Å²) in [5.41, 5.74) is 3.79. The Hall–Kier alpha value is -2.62. The molecule has 0 fully saturated rings. The Labute approximate surface area is 161 Å². The second-order valence-electron chi connectivity index (χ2n) is 8.04. The van der Waals surface area contributed by atoms with Crippen molar-refractivity contribution in [3.8, 4) is 0 Å². The molecule has 0 N–H and O–H groups in total. The summed E-state index contributed by atoms with van der Waals surface area (Å²) in [6, 6.07) is 16.5. The number of ether oxygens (including phenoxy) is 1. The van der Waals surface area contributed by atoms with E-state index in [0.29, 0.717) is 12.1 Å². The Balaban J connectivity index is 1.64. The summed E-state index contributed by atoms with van der Waals surface area (Å²) in [5.74, 6) is -0.449. The highest BCUT2D eigenvalue weighted by molar-refractivity contribution is 5.98. The second-order valence-corrected chi connectivity index (χ2v) is 8.04. The third-order valence-corrected chi connectivity index (χ3v) is 4.62. The van der Waals surface area contributed by atoms with E-state index in [0.717, 1.165) is 24.8 Å². The fraction of sp³-hybridized carbons (Fsp3) is 0.391. The summed E-state index contributed by atoms with van der Waals surface area (Å²) >= 11 is 0. The molecule has 2 aromatic carbocycles. The minimum Gasteiger partial charge on any atom is -0.459 e. The average Bonchev–Trinajstić information content (AvgIpc) is 2.62. The number of esters is 1. The minimum atomic E-state index is -0.540. The number of carbonyl (C=O) groups excluding carboxylic acids is 2. The van der Waals surface area contributed by atoms with Gasteiger partial charge in [0.15, 0.2) is 0 Å². The molecule has 1 aliphatic heterocycles. The van der Waals surface area contributed by atoms with Crippen LogP contribution in [0.4, 0.5) is 0 Å². The Bertz CT molecular complexity index is 821. The van der Waals surface area contributed by atoms with Crippen LogP contribution in [0.3, 0.4) is 0 Å². The van der Waals surface area contributed by atoms with Gasteiger partial charge in [0.2, 0.25) is 0 Å². The molecule has 0 spiro atoms. The first-order chi connectivity index (χ1) is 12.8. The lowest BCUT2D eigenvalue weighted by Crippen LogP contribution is -2.42. The van der Waals surface area contributed by atoms with E-state index in [1.807, 2.05) is 39.0 Å². The van der Waals surface area contributed by atoms with Crippen molar-refractivity contribution in [3.63, 3.8) is 0 Å². The molecule has 27 heavy (non-hydrogen) atoms. The lowest BCUT2D eigenvalue weighted by Gasteiger charge is -2.29. The van der Waals surface area contributed by atoms with Gasteiger partial charge in [-0.1, -0.05) is 42.5 Å². The highest BCUT2D eigenvalue weighted by atomic mass is 16.6. The SMILES string of the molecule is CC(C)(C)OC(=O)CN1CCc2cc(CCc3ccccc3)ccc2C1=O. The Morgan fingerprint density at radius 3 is 2.44 bits per heavy atom. The normalized spacial score (nSPS) is 14.0. The van der Waals surface area contributed by atoms with Crippen molar-refractivity contribution in [2.75, 3.05) is 13.1 Å². The quantitative estimate of drug-likeness (QED) is 0.757. The molecule has 1 aliphatic rings. The first-order valence-electron chi connectivity index (χ1n) is 9.49. The molecule has 2 aromatic rings. The van der Waals surface area contributed by atoms with Crippen LogP contribution >= 0.6 is 0 Å². The molecule has 0 saturated heterocycles. The van der Waals surface area contributed by atoms with Gasteiger partial charge in [-0.3, -0.25) is 9.59 Å².